The van der Waals surface area contributed by atoms with Crippen LogP contribution < -0.4 is 9.47 Å². The average molecular weight is 407 g/mol. The van der Waals surface area contributed by atoms with E-state index in [1.54, 1.807) is 35.2 Å². The van der Waals surface area contributed by atoms with Crippen molar-refractivity contribution in [3.8, 4) is 17.2 Å². The lowest BCUT2D eigenvalue weighted by atomic mass is 9.94. The molecule has 0 aromatic heterocycles. The minimum Gasteiger partial charge on any atom is -0.508 e. The normalized spacial score (nSPS) is 22.8. The number of hydrogen-bond donors (Lipinski definition) is 2. The summed E-state index contributed by atoms with van der Waals surface area (Å²) in [5.41, 5.74) is 0.980. The quantitative estimate of drug-likeness (QED) is 0.459. The molecular weight excluding hydrogens is 386 g/mol. The van der Waals surface area contributed by atoms with Crippen molar-refractivity contribution in [2.24, 2.45) is 0 Å². The summed E-state index contributed by atoms with van der Waals surface area (Å²) in [5.74, 6) is -0.531. The smallest absolute Gasteiger partial charge is 0.295 e. The molecule has 1 unspecified atom stereocenters. The Morgan fingerprint density at radius 1 is 1.00 bits per heavy atom. The molecule has 1 amide bonds. The molecule has 0 spiro atoms. The van der Waals surface area contributed by atoms with Crippen LogP contribution in [0.25, 0.3) is 5.76 Å². The van der Waals surface area contributed by atoms with Gasteiger partial charge < -0.3 is 24.6 Å². The van der Waals surface area contributed by atoms with E-state index >= 15 is 0 Å². The van der Waals surface area contributed by atoms with Gasteiger partial charge in [0, 0.05) is 11.6 Å². The summed E-state index contributed by atoms with van der Waals surface area (Å²) in [6.07, 6.45) is 3.60. The van der Waals surface area contributed by atoms with Crippen LogP contribution in [0, 0.1) is 0 Å². The molecule has 2 aliphatic heterocycles. The minimum atomic E-state index is -0.759. The number of phenols is 1. The third kappa shape index (κ3) is 2.89. The number of ether oxygens (including phenoxy) is 2. The van der Waals surface area contributed by atoms with Gasteiger partial charge in [-0.05, 0) is 48.7 Å². The van der Waals surface area contributed by atoms with Crippen LogP contribution >= 0.6 is 0 Å². The van der Waals surface area contributed by atoms with Crippen LogP contribution in [0.2, 0.25) is 0 Å². The molecule has 0 bridgehead atoms. The second-order valence-corrected chi connectivity index (χ2v) is 7.81. The monoisotopic (exact) mass is 407 g/mol. The molecule has 0 radical (unpaired) electrons. The minimum absolute atomic E-state index is 0.0244. The number of aromatic hydroxyl groups is 1. The van der Waals surface area contributed by atoms with E-state index in [4.69, 9.17) is 9.47 Å². The Hall–Kier alpha value is -3.48. The number of likely N-dealkylation sites (tertiary alicyclic amines) is 1. The van der Waals surface area contributed by atoms with Gasteiger partial charge in [-0.2, -0.15) is 0 Å². The molecule has 154 valence electrons. The van der Waals surface area contributed by atoms with Gasteiger partial charge in [-0.25, -0.2) is 0 Å². The molecule has 7 heteroatoms. The summed E-state index contributed by atoms with van der Waals surface area (Å²) in [6.45, 7) is 0.0922. The van der Waals surface area contributed by atoms with Crippen LogP contribution in [0.3, 0.4) is 0 Å². The number of benzene rings is 2. The second kappa shape index (κ2) is 7.09. The Bertz CT molecular complexity index is 1070. The van der Waals surface area contributed by atoms with Crippen molar-refractivity contribution in [2.45, 2.75) is 37.8 Å². The first-order chi connectivity index (χ1) is 14.5. The molecule has 2 heterocycles. The van der Waals surface area contributed by atoms with Gasteiger partial charge in [0.25, 0.3) is 11.7 Å². The third-order valence-corrected chi connectivity index (χ3v) is 6.03. The number of carbonyl (C=O) groups excluding carboxylic acids is 2. The van der Waals surface area contributed by atoms with E-state index in [-0.39, 0.29) is 29.9 Å². The van der Waals surface area contributed by atoms with Crippen LogP contribution in [0.5, 0.6) is 17.2 Å². The highest BCUT2D eigenvalue weighted by atomic mass is 16.7. The second-order valence-electron chi connectivity index (χ2n) is 7.81. The van der Waals surface area contributed by atoms with Gasteiger partial charge in [0.1, 0.15) is 11.5 Å². The third-order valence-electron chi connectivity index (χ3n) is 6.03. The Balaban J connectivity index is 1.67. The lowest BCUT2D eigenvalue weighted by Gasteiger charge is -2.30. The topological polar surface area (TPSA) is 96.3 Å². The Kier molecular flexibility index (Phi) is 4.38. The first kappa shape index (κ1) is 18.5. The van der Waals surface area contributed by atoms with E-state index in [1.165, 1.54) is 12.1 Å². The highest BCUT2D eigenvalue weighted by Crippen LogP contribution is 2.44. The number of carbonyl (C=O) groups is 2. The molecule has 1 saturated carbocycles. The zero-order valence-electron chi connectivity index (χ0n) is 16.2. The number of aliphatic hydroxyl groups excluding tert-OH is 1. The van der Waals surface area contributed by atoms with Gasteiger partial charge in [0.15, 0.2) is 11.5 Å². The summed E-state index contributed by atoms with van der Waals surface area (Å²) in [7, 11) is 0. The lowest BCUT2D eigenvalue weighted by Crippen LogP contribution is -2.37. The predicted molar refractivity (Wildman–Crippen MR) is 107 cm³/mol. The zero-order chi connectivity index (χ0) is 20.8. The summed E-state index contributed by atoms with van der Waals surface area (Å²) >= 11 is 0. The number of rotatable bonds is 3. The fourth-order valence-corrected chi connectivity index (χ4v) is 4.63. The number of Topliss-reactive ketones (excluding diaryl/α,β-unsaturated/α-hetero) is 1. The molecule has 2 fully saturated rings. The number of phenolic OH excluding ortho intramolecular Hbond substituents is 1. The summed E-state index contributed by atoms with van der Waals surface area (Å²) in [6, 6.07) is 10.5. The van der Waals surface area contributed by atoms with Gasteiger partial charge in [-0.1, -0.05) is 25.0 Å². The molecule has 1 atom stereocenters. The maximum atomic E-state index is 13.1. The van der Waals surface area contributed by atoms with E-state index < -0.39 is 17.7 Å². The van der Waals surface area contributed by atoms with E-state index in [0.29, 0.717) is 22.6 Å². The summed E-state index contributed by atoms with van der Waals surface area (Å²) < 4.78 is 10.7. The van der Waals surface area contributed by atoms with E-state index in [2.05, 4.69) is 0 Å². The van der Waals surface area contributed by atoms with E-state index in [1.807, 2.05) is 0 Å². The van der Waals surface area contributed by atoms with E-state index in [0.717, 1.165) is 25.7 Å². The van der Waals surface area contributed by atoms with Gasteiger partial charge in [0.2, 0.25) is 6.79 Å². The van der Waals surface area contributed by atoms with Crippen LogP contribution in [-0.2, 0) is 9.59 Å². The molecule has 1 aliphatic carbocycles. The van der Waals surface area contributed by atoms with Gasteiger partial charge >= 0.3 is 0 Å². The number of fused-ring (bicyclic) bond motifs is 1. The highest BCUT2D eigenvalue weighted by molar-refractivity contribution is 6.46. The number of hydrogen-bond acceptors (Lipinski definition) is 6. The largest absolute Gasteiger partial charge is 0.508 e. The van der Waals surface area contributed by atoms with Crippen LogP contribution in [-0.4, -0.2) is 39.6 Å². The molecule has 2 aromatic rings. The SMILES string of the molecule is O=C1C(=O)N(C2CCCC2)C(c2cccc(O)c2)/C1=C(/O)c1ccc2c(c1)OCO2. The highest BCUT2D eigenvalue weighted by Gasteiger charge is 2.49. The Morgan fingerprint density at radius 3 is 2.53 bits per heavy atom. The van der Waals surface area contributed by atoms with Crippen molar-refractivity contribution in [3.05, 3.63) is 59.2 Å². The molecule has 1 saturated heterocycles. The van der Waals surface area contributed by atoms with Crippen molar-refractivity contribution in [1.82, 2.24) is 4.90 Å². The molecule has 2 aromatic carbocycles. The van der Waals surface area contributed by atoms with Gasteiger partial charge in [0.05, 0.1) is 11.6 Å². The van der Waals surface area contributed by atoms with Crippen LogP contribution in [0.4, 0.5) is 0 Å². The van der Waals surface area contributed by atoms with Crippen molar-refractivity contribution in [3.63, 3.8) is 0 Å². The van der Waals surface area contributed by atoms with Crippen molar-refractivity contribution in [1.29, 1.82) is 0 Å². The van der Waals surface area contributed by atoms with Crippen molar-refractivity contribution < 1.29 is 29.3 Å². The van der Waals surface area contributed by atoms with E-state index in [9.17, 15) is 19.8 Å². The predicted octanol–water partition coefficient (Wildman–Crippen LogP) is 3.49. The van der Waals surface area contributed by atoms with Crippen LogP contribution in [0.1, 0.15) is 42.9 Å². The molecule has 7 nitrogen and oxygen atoms in total. The summed E-state index contributed by atoms with van der Waals surface area (Å²) in [4.78, 5) is 27.7. The first-order valence-electron chi connectivity index (χ1n) is 10.0. The Labute approximate surface area is 173 Å². The lowest BCUT2D eigenvalue weighted by molar-refractivity contribution is -0.141. The van der Waals surface area contributed by atoms with Crippen molar-refractivity contribution in [2.75, 3.05) is 6.79 Å². The first-order valence-corrected chi connectivity index (χ1v) is 10.0. The molecule has 3 aliphatic rings. The summed E-state index contributed by atoms with van der Waals surface area (Å²) in [5, 5.41) is 21.1. The average Bonchev–Trinajstić information content (AvgIpc) is 3.47. The molecule has 5 rings (SSSR count). The molecular formula is C23H21NO6. The van der Waals surface area contributed by atoms with Crippen molar-refractivity contribution >= 4 is 17.4 Å². The fraction of sp³-hybridized carbons (Fsp3) is 0.304. The van der Waals surface area contributed by atoms with Crippen LogP contribution in [0.15, 0.2) is 48.0 Å². The number of aliphatic hydroxyl groups is 1. The molecule has 30 heavy (non-hydrogen) atoms. The maximum absolute atomic E-state index is 13.1. The molecule has 2 N–H and O–H groups in total. The zero-order valence-corrected chi connectivity index (χ0v) is 16.2. The van der Waals surface area contributed by atoms with Gasteiger partial charge in [-0.15, -0.1) is 0 Å². The Morgan fingerprint density at radius 2 is 1.77 bits per heavy atom. The fourth-order valence-electron chi connectivity index (χ4n) is 4.63. The number of ketones is 1. The number of amides is 1. The maximum Gasteiger partial charge on any atom is 0.295 e. The number of nitrogens with zero attached hydrogens (tertiary/aromatic N) is 1. The standard InChI is InChI=1S/C23H21NO6/c25-16-7-3-4-13(10-16)20-19(22(27)23(28)24(20)15-5-1-2-6-15)21(26)14-8-9-17-18(11-14)30-12-29-17/h3-4,7-11,15,20,25-26H,1-2,5-6,12H2/b21-19-. The van der Waals surface area contributed by atoms with Gasteiger partial charge in [-0.3, -0.25) is 9.59 Å².